The van der Waals surface area contributed by atoms with Gasteiger partial charge in [0.15, 0.2) is 0 Å². The van der Waals surface area contributed by atoms with Gasteiger partial charge in [-0.05, 0) is 37.3 Å². The Kier molecular flexibility index (Phi) is 3.69. The second kappa shape index (κ2) is 6.21. The van der Waals surface area contributed by atoms with Crippen molar-refractivity contribution in [2.45, 2.75) is 13.5 Å². The number of nitrogens with zero attached hydrogens (tertiary/aromatic N) is 4. The maximum atomic E-state index is 6.44. The summed E-state index contributed by atoms with van der Waals surface area (Å²) < 4.78 is 1.89. The molecule has 1 aromatic carbocycles. The number of rotatable bonds is 3. The molecule has 4 aromatic heterocycles. The summed E-state index contributed by atoms with van der Waals surface area (Å²) in [6.07, 6.45) is 7.51. The zero-order valence-corrected chi connectivity index (χ0v) is 15.4. The summed E-state index contributed by atoms with van der Waals surface area (Å²) in [5.74, 6) is 0. The monoisotopic (exact) mass is 373 g/mol. The van der Waals surface area contributed by atoms with Crippen LogP contribution >= 0.6 is 11.6 Å². The highest BCUT2D eigenvalue weighted by Crippen LogP contribution is 2.36. The van der Waals surface area contributed by atoms with E-state index in [0.717, 1.165) is 44.3 Å². The predicted octanol–water partition coefficient (Wildman–Crippen LogP) is 4.98. The summed E-state index contributed by atoms with van der Waals surface area (Å²) in [4.78, 5) is 12.3. The zero-order valence-electron chi connectivity index (χ0n) is 14.6. The van der Waals surface area contributed by atoms with Crippen LogP contribution in [-0.4, -0.2) is 24.7 Å². The normalized spacial score (nSPS) is 11.5. The second-order valence-corrected chi connectivity index (χ2v) is 7.00. The van der Waals surface area contributed by atoms with E-state index in [0.29, 0.717) is 11.6 Å². The van der Waals surface area contributed by atoms with Gasteiger partial charge in [-0.2, -0.15) is 5.10 Å². The molecule has 0 unspecified atom stereocenters. The van der Waals surface area contributed by atoms with E-state index in [4.69, 9.17) is 11.6 Å². The number of aromatic nitrogens is 5. The summed E-state index contributed by atoms with van der Waals surface area (Å²) >= 11 is 6.44. The van der Waals surface area contributed by atoms with Crippen molar-refractivity contribution in [2.75, 3.05) is 0 Å². The molecule has 6 heteroatoms. The summed E-state index contributed by atoms with van der Waals surface area (Å²) in [5, 5.41) is 7.42. The van der Waals surface area contributed by atoms with Crippen LogP contribution < -0.4 is 0 Å². The van der Waals surface area contributed by atoms with Crippen LogP contribution in [0.3, 0.4) is 0 Å². The molecule has 132 valence electrons. The molecule has 0 bridgehead atoms. The predicted molar refractivity (Wildman–Crippen MR) is 108 cm³/mol. The minimum Gasteiger partial charge on any atom is -0.353 e. The van der Waals surface area contributed by atoms with Gasteiger partial charge < -0.3 is 4.98 Å². The first kappa shape index (κ1) is 16.0. The van der Waals surface area contributed by atoms with Crippen LogP contribution in [-0.2, 0) is 6.54 Å². The van der Waals surface area contributed by atoms with Crippen molar-refractivity contribution in [3.8, 4) is 11.1 Å². The minimum atomic E-state index is 0.625. The van der Waals surface area contributed by atoms with Crippen molar-refractivity contribution < 1.29 is 0 Å². The number of benzene rings is 1. The molecule has 1 N–H and O–H groups in total. The standard InChI is InChI=1S/C21H16ClN5/c1-13-20-17(5-7-23-13)19-9-15(22)8-18(21(19)26-20)14-10-25-27(11-14)12-16-4-2-3-6-24-16/h2-11,26H,12H2,1H3. The Morgan fingerprint density at radius 1 is 1.04 bits per heavy atom. The third-order valence-corrected chi connectivity index (χ3v) is 5.00. The van der Waals surface area contributed by atoms with Gasteiger partial charge in [-0.25, -0.2) is 0 Å². The maximum Gasteiger partial charge on any atom is 0.0831 e. The zero-order chi connectivity index (χ0) is 18.4. The molecule has 0 atom stereocenters. The third-order valence-electron chi connectivity index (χ3n) is 4.78. The molecule has 0 aliphatic heterocycles. The topological polar surface area (TPSA) is 59.4 Å². The number of hydrogen-bond acceptors (Lipinski definition) is 3. The van der Waals surface area contributed by atoms with Gasteiger partial charge in [0.1, 0.15) is 0 Å². The number of hydrogen-bond donors (Lipinski definition) is 1. The lowest BCUT2D eigenvalue weighted by atomic mass is 10.1. The number of pyridine rings is 2. The number of fused-ring (bicyclic) bond motifs is 3. The molecule has 0 fully saturated rings. The van der Waals surface area contributed by atoms with Gasteiger partial charge in [0, 0.05) is 45.5 Å². The highest BCUT2D eigenvalue weighted by molar-refractivity contribution is 6.32. The SMILES string of the molecule is Cc1nccc2c1[nH]c1c(-c3cnn(Cc4ccccn4)c3)cc(Cl)cc12. The van der Waals surface area contributed by atoms with Gasteiger partial charge >= 0.3 is 0 Å². The van der Waals surface area contributed by atoms with Crippen LogP contribution in [0, 0.1) is 6.92 Å². The quantitative estimate of drug-likeness (QED) is 0.485. The largest absolute Gasteiger partial charge is 0.353 e. The molecule has 4 heterocycles. The Morgan fingerprint density at radius 2 is 1.96 bits per heavy atom. The van der Waals surface area contributed by atoms with E-state index in [1.165, 1.54) is 0 Å². The Balaban J connectivity index is 1.65. The van der Waals surface area contributed by atoms with Crippen molar-refractivity contribution in [1.82, 2.24) is 24.7 Å². The summed E-state index contributed by atoms with van der Waals surface area (Å²) in [7, 11) is 0. The first-order chi connectivity index (χ1) is 13.2. The van der Waals surface area contributed by atoms with Crippen LogP contribution in [0.25, 0.3) is 32.9 Å². The van der Waals surface area contributed by atoms with Crippen LogP contribution in [0.2, 0.25) is 5.02 Å². The molecule has 5 rings (SSSR count). The molecule has 27 heavy (non-hydrogen) atoms. The molecule has 0 radical (unpaired) electrons. The molecule has 0 saturated carbocycles. The molecule has 0 saturated heterocycles. The van der Waals surface area contributed by atoms with Crippen LogP contribution in [0.15, 0.2) is 61.2 Å². The Morgan fingerprint density at radius 3 is 2.81 bits per heavy atom. The molecule has 0 amide bonds. The van der Waals surface area contributed by atoms with Gasteiger partial charge in [-0.3, -0.25) is 14.6 Å². The first-order valence-electron chi connectivity index (χ1n) is 8.68. The van der Waals surface area contributed by atoms with Crippen LogP contribution in [0.4, 0.5) is 0 Å². The first-order valence-corrected chi connectivity index (χ1v) is 9.06. The van der Waals surface area contributed by atoms with Gasteiger partial charge in [-0.15, -0.1) is 0 Å². The van der Waals surface area contributed by atoms with E-state index >= 15 is 0 Å². The van der Waals surface area contributed by atoms with E-state index in [1.807, 2.05) is 66.6 Å². The van der Waals surface area contributed by atoms with Gasteiger partial charge in [0.25, 0.3) is 0 Å². The fourth-order valence-corrected chi connectivity index (χ4v) is 3.72. The average Bonchev–Trinajstić information content (AvgIpc) is 3.28. The molecule has 0 aliphatic rings. The summed E-state index contributed by atoms with van der Waals surface area (Å²) in [6, 6.07) is 11.9. The van der Waals surface area contributed by atoms with Crippen LogP contribution in [0.1, 0.15) is 11.4 Å². The lowest BCUT2D eigenvalue weighted by molar-refractivity contribution is 0.673. The average molecular weight is 374 g/mol. The van der Waals surface area contributed by atoms with Gasteiger partial charge in [0.2, 0.25) is 0 Å². The van der Waals surface area contributed by atoms with Crippen LogP contribution in [0.5, 0.6) is 0 Å². The molecule has 0 aliphatic carbocycles. The molecule has 5 nitrogen and oxygen atoms in total. The Labute approximate surface area is 160 Å². The fourth-order valence-electron chi connectivity index (χ4n) is 3.50. The number of nitrogens with one attached hydrogen (secondary N) is 1. The van der Waals surface area contributed by atoms with E-state index in [-0.39, 0.29) is 0 Å². The lowest BCUT2D eigenvalue weighted by Crippen LogP contribution is -2.01. The number of H-pyrrole nitrogens is 1. The van der Waals surface area contributed by atoms with Crippen molar-refractivity contribution in [3.63, 3.8) is 0 Å². The molecular weight excluding hydrogens is 358 g/mol. The molecule has 0 spiro atoms. The Hall–Kier alpha value is -3.18. The summed E-state index contributed by atoms with van der Waals surface area (Å²) in [6.45, 7) is 2.63. The lowest BCUT2D eigenvalue weighted by Gasteiger charge is -2.03. The third kappa shape index (κ3) is 2.76. The highest BCUT2D eigenvalue weighted by Gasteiger charge is 2.14. The highest BCUT2D eigenvalue weighted by atomic mass is 35.5. The molecular formula is C21H16ClN5. The van der Waals surface area contributed by atoms with Crippen molar-refractivity contribution in [1.29, 1.82) is 0 Å². The smallest absolute Gasteiger partial charge is 0.0831 e. The van der Waals surface area contributed by atoms with E-state index in [1.54, 1.807) is 6.20 Å². The number of halogens is 1. The van der Waals surface area contributed by atoms with Crippen molar-refractivity contribution >= 4 is 33.4 Å². The van der Waals surface area contributed by atoms with Crippen molar-refractivity contribution in [2.24, 2.45) is 0 Å². The number of aromatic amines is 1. The summed E-state index contributed by atoms with van der Waals surface area (Å²) in [5.41, 5.74) is 6.06. The second-order valence-electron chi connectivity index (χ2n) is 6.57. The fraction of sp³-hybridized carbons (Fsp3) is 0.0952. The number of aryl methyl sites for hydroxylation is 1. The maximum absolute atomic E-state index is 6.44. The van der Waals surface area contributed by atoms with E-state index < -0.39 is 0 Å². The minimum absolute atomic E-state index is 0.625. The van der Waals surface area contributed by atoms with Gasteiger partial charge in [-0.1, -0.05) is 17.7 Å². The van der Waals surface area contributed by atoms with E-state index in [9.17, 15) is 0 Å². The van der Waals surface area contributed by atoms with Crippen molar-refractivity contribution in [3.05, 3.63) is 77.6 Å². The van der Waals surface area contributed by atoms with Gasteiger partial charge in [0.05, 0.1) is 35.2 Å². The Bertz CT molecular complexity index is 1270. The molecule has 5 aromatic rings. The van der Waals surface area contributed by atoms with E-state index in [2.05, 4.69) is 20.1 Å².